The lowest BCUT2D eigenvalue weighted by atomic mass is 9.88. The number of hydrogen-bond acceptors (Lipinski definition) is 1. The molecule has 94 valence electrons. The maximum absolute atomic E-state index is 5.21. The molecule has 2 atom stereocenters. The summed E-state index contributed by atoms with van der Waals surface area (Å²) in [5.74, 6) is 0.898. The van der Waals surface area contributed by atoms with Crippen molar-refractivity contribution in [3.05, 3.63) is 65.7 Å². The number of rotatable bonds is 4. The molecule has 2 unspecified atom stereocenters. The Morgan fingerprint density at radius 2 is 1.50 bits per heavy atom. The SMILES string of the molecule is CCC(P)(c1ccccc1)c1ccc(OC)cc1. The molecule has 0 heterocycles. The topological polar surface area (TPSA) is 9.23 Å². The van der Waals surface area contributed by atoms with E-state index in [2.05, 4.69) is 58.6 Å². The van der Waals surface area contributed by atoms with Gasteiger partial charge in [-0.25, -0.2) is 0 Å². The molecule has 0 bridgehead atoms. The van der Waals surface area contributed by atoms with Crippen molar-refractivity contribution in [2.75, 3.05) is 7.11 Å². The van der Waals surface area contributed by atoms with Crippen LogP contribution in [0.1, 0.15) is 24.5 Å². The summed E-state index contributed by atoms with van der Waals surface area (Å²) in [5, 5.41) is -0.0203. The van der Waals surface area contributed by atoms with Crippen LogP contribution in [0.25, 0.3) is 0 Å². The van der Waals surface area contributed by atoms with Gasteiger partial charge in [0.25, 0.3) is 0 Å². The third-order valence-electron chi connectivity index (χ3n) is 3.45. The van der Waals surface area contributed by atoms with Gasteiger partial charge in [-0.05, 0) is 29.7 Å². The van der Waals surface area contributed by atoms with Crippen LogP contribution < -0.4 is 4.74 Å². The van der Waals surface area contributed by atoms with E-state index in [0.29, 0.717) is 0 Å². The number of methoxy groups -OCH3 is 1. The second kappa shape index (κ2) is 5.54. The minimum atomic E-state index is -0.0203. The molecule has 2 aromatic carbocycles. The van der Waals surface area contributed by atoms with Gasteiger partial charge < -0.3 is 4.74 Å². The Kier molecular flexibility index (Phi) is 4.04. The Hall–Kier alpha value is -1.33. The zero-order valence-electron chi connectivity index (χ0n) is 10.9. The molecule has 0 saturated carbocycles. The highest BCUT2D eigenvalue weighted by molar-refractivity contribution is 7.19. The molecule has 0 saturated heterocycles. The van der Waals surface area contributed by atoms with E-state index in [1.165, 1.54) is 11.1 Å². The maximum atomic E-state index is 5.21. The fraction of sp³-hybridized carbons (Fsp3) is 0.250. The molecular weight excluding hydrogens is 239 g/mol. The summed E-state index contributed by atoms with van der Waals surface area (Å²) in [4.78, 5) is 0. The molecule has 0 aliphatic carbocycles. The van der Waals surface area contributed by atoms with Crippen LogP contribution in [0.3, 0.4) is 0 Å². The summed E-state index contributed by atoms with van der Waals surface area (Å²) in [6, 6.07) is 18.9. The minimum Gasteiger partial charge on any atom is -0.497 e. The molecule has 2 rings (SSSR count). The van der Waals surface area contributed by atoms with Gasteiger partial charge >= 0.3 is 0 Å². The van der Waals surface area contributed by atoms with Crippen LogP contribution in [-0.2, 0) is 5.16 Å². The largest absolute Gasteiger partial charge is 0.497 e. The van der Waals surface area contributed by atoms with Crippen molar-refractivity contribution in [3.63, 3.8) is 0 Å². The van der Waals surface area contributed by atoms with Gasteiger partial charge in [0.15, 0.2) is 0 Å². The van der Waals surface area contributed by atoms with Crippen molar-refractivity contribution >= 4 is 9.24 Å². The average molecular weight is 258 g/mol. The highest BCUT2D eigenvalue weighted by Gasteiger charge is 2.26. The molecule has 0 amide bonds. The molecule has 0 spiro atoms. The Balaban J connectivity index is 2.43. The Morgan fingerprint density at radius 3 is 2.00 bits per heavy atom. The van der Waals surface area contributed by atoms with Gasteiger partial charge in [0.05, 0.1) is 7.11 Å². The predicted octanol–water partition coefficient (Wildman–Crippen LogP) is 4.22. The highest BCUT2D eigenvalue weighted by Crippen LogP contribution is 2.42. The monoisotopic (exact) mass is 258 g/mol. The van der Waals surface area contributed by atoms with Crippen molar-refractivity contribution in [1.29, 1.82) is 0 Å². The predicted molar refractivity (Wildman–Crippen MR) is 80.2 cm³/mol. The zero-order chi connectivity index (χ0) is 13.0. The lowest BCUT2D eigenvalue weighted by Gasteiger charge is -2.29. The van der Waals surface area contributed by atoms with Gasteiger partial charge in [0.2, 0.25) is 0 Å². The number of benzene rings is 2. The highest BCUT2D eigenvalue weighted by atomic mass is 31.0. The van der Waals surface area contributed by atoms with Gasteiger partial charge in [-0.15, -0.1) is 9.24 Å². The van der Waals surface area contributed by atoms with Crippen molar-refractivity contribution < 1.29 is 4.74 Å². The molecule has 0 aromatic heterocycles. The zero-order valence-corrected chi connectivity index (χ0v) is 12.0. The lowest BCUT2D eigenvalue weighted by molar-refractivity contribution is 0.414. The molecule has 18 heavy (non-hydrogen) atoms. The Labute approximate surface area is 111 Å². The summed E-state index contributed by atoms with van der Waals surface area (Å²) in [6.45, 7) is 2.21. The smallest absolute Gasteiger partial charge is 0.118 e. The van der Waals surface area contributed by atoms with Gasteiger partial charge in [0, 0.05) is 5.16 Å². The number of hydrogen-bond donors (Lipinski definition) is 0. The van der Waals surface area contributed by atoms with Crippen LogP contribution >= 0.6 is 9.24 Å². The summed E-state index contributed by atoms with van der Waals surface area (Å²) < 4.78 is 5.21. The molecular formula is C16H19OP. The van der Waals surface area contributed by atoms with Crippen molar-refractivity contribution in [2.45, 2.75) is 18.5 Å². The second-order valence-corrected chi connectivity index (χ2v) is 5.41. The third kappa shape index (κ3) is 2.42. The molecule has 2 heteroatoms. The molecule has 0 radical (unpaired) electrons. The van der Waals surface area contributed by atoms with Crippen LogP contribution in [-0.4, -0.2) is 7.11 Å². The molecule has 0 fully saturated rings. The lowest BCUT2D eigenvalue weighted by Crippen LogP contribution is -2.18. The Morgan fingerprint density at radius 1 is 0.944 bits per heavy atom. The van der Waals surface area contributed by atoms with Crippen molar-refractivity contribution in [3.8, 4) is 5.75 Å². The normalized spacial score (nSPS) is 13.9. The van der Waals surface area contributed by atoms with Crippen LogP contribution in [0.5, 0.6) is 5.75 Å². The van der Waals surface area contributed by atoms with E-state index in [0.717, 1.165) is 12.2 Å². The quantitative estimate of drug-likeness (QED) is 0.746. The summed E-state index contributed by atoms with van der Waals surface area (Å²) in [5.41, 5.74) is 2.62. The van der Waals surface area contributed by atoms with Gasteiger partial charge in [-0.2, -0.15) is 0 Å². The van der Waals surface area contributed by atoms with Crippen LogP contribution in [0, 0.1) is 0 Å². The fourth-order valence-electron chi connectivity index (χ4n) is 2.20. The maximum Gasteiger partial charge on any atom is 0.118 e. The van der Waals surface area contributed by atoms with Gasteiger partial charge in [-0.1, -0.05) is 49.4 Å². The van der Waals surface area contributed by atoms with Gasteiger partial charge in [0.1, 0.15) is 5.75 Å². The first kappa shape index (κ1) is 13.1. The van der Waals surface area contributed by atoms with E-state index >= 15 is 0 Å². The third-order valence-corrected chi connectivity index (χ3v) is 4.53. The molecule has 1 nitrogen and oxygen atoms in total. The van der Waals surface area contributed by atoms with Crippen molar-refractivity contribution in [2.24, 2.45) is 0 Å². The van der Waals surface area contributed by atoms with Gasteiger partial charge in [-0.3, -0.25) is 0 Å². The van der Waals surface area contributed by atoms with Crippen LogP contribution in [0.15, 0.2) is 54.6 Å². The van der Waals surface area contributed by atoms with E-state index in [-0.39, 0.29) is 5.16 Å². The second-order valence-electron chi connectivity index (χ2n) is 4.42. The van der Waals surface area contributed by atoms with E-state index in [1.54, 1.807) is 7.11 Å². The summed E-state index contributed by atoms with van der Waals surface area (Å²) in [7, 11) is 4.71. The van der Waals surface area contributed by atoms with E-state index in [4.69, 9.17) is 4.74 Å². The standard InChI is InChI=1S/C16H19OP/c1-3-16(18,13-7-5-4-6-8-13)14-9-11-15(17-2)12-10-14/h4-12H,3,18H2,1-2H3. The van der Waals surface area contributed by atoms with Crippen LogP contribution in [0.2, 0.25) is 0 Å². The van der Waals surface area contributed by atoms with Crippen LogP contribution in [0.4, 0.5) is 0 Å². The first-order valence-electron chi connectivity index (χ1n) is 6.19. The first-order chi connectivity index (χ1) is 8.70. The number of ether oxygens (including phenoxy) is 1. The fourth-order valence-corrected chi connectivity index (χ4v) is 2.58. The summed E-state index contributed by atoms with van der Waals surface area (Å²) >= 11 is 0. The molecule has 0 aliphatic rings. The minimum absolute atomic E-state index is 0.0203. The first-order valence-corrected chi connectivity index (χ1v) is 6.77. The molecule has 2 aromatic rings. The molecule has 0 aliphatic heterocycles. The summed E-state index contributed by atoms with van der Waals surface area (Å²) in [6.07, 6.45) is 1.04. The Bertz CT molecular complexity index is 492. The van der Waals surface area contributed by atoms with E-state index in [9.17, 15) is 0 Å². The van der Waals surface area contributed by atoms with E-state index < -0.39 is 0 Å². The average Bonchev–Trinajstić information content (AvgIpc) is 2.47. The van der Waals surface area contributed by atoms with Crippen molar-refractivity contribution in [1.82, 2.24) is 0 Å². The molecule has 0 N–H and O–H groups in total. The van der Waals surface area contributed by atoms with E-state index in [1.807, 2.05) is 12.1 Å².